The van der Waals surface area contributed by atoms with E-state index in [2.05, 4.69) is 36.1 Å². The summed E-state index contributed by atoms with van der Waals surface area (Å²) in [5.41, 5.74) is 1.49. The van der Waals surface area contributed by atoms with E-state index < -0.39 is 0 Å². The average molecular weight is 209 g/mol. The van der Waals surface area contributed by atoms with Crippen LogP contribution in [0.5, 0.6) is 0 Å². The molecule has 1 aliphatic carbocycles. The van der Waals surface area contributed by atoms with E-state index in [1.54, 1.807) is 11.3 Å². The Kier molecular flexibility index (Phi) is 3.24. The van der Waals surface area contributed by atoms with Gasteiger partial charge in [-0.25, -0.2) is 0 Å². The predicted molar refractivity (Wildman–Crippen MR) is 62.8 cm³/mol. The Morgan fingerprint density at radius 1 is 1.57 bits per heavy atom. The molecule has 78 valence electrons. The summed E-state index contributed by atoms with van der Waals surface area (Å²) in [6.07, 6.45) is 4.09. The molecule has 1 N–H and O–H groups in total. The van der Waals surface area contributed by atoms with Gasteiger partial charge in [-0.1, -0.05) is 6.92 Å². The van der Waals surface area contributed by atoms with Crippen molar-refractivity contribution in [3.05, 3.63) is 22.4 Å². The van der Waals surface area contributed by atoms with Crippen LogP contribution < -0.4 is 5.32 Å². The summed E-state index contributed by atoms with van der Waals surface area (Å²) in [4.78, 5) is 0. The van der Waals surface area contributed by atoms with Crippen molar-refractivity contribution in [2.24, 2.45) is 11.8 Å². The fraction of sp³-hybridized carbons (Fsp3) is 0.667. The van der Waals surface area contributed by atoms with Gasteiger partial charge in [0.25, 0.3) is 0 Å². The van der Waals surface area contributed by atoms with Crippen LogP contribution in [0.4, 0.5) is 0 Å². The largest absolute Gasteiger partial charge is 0.316 e. The zero-order valence-electron chi connectivity index (χ0n) is 8.99. The van der Waals surface area contributed by atoms with Crippen molar-refractivity contribution >= 4 is 11.3 Å². The topological polar surface area (TPSA) is 12.0 Å². The SMILES string of the molecule is CNC(Cc1ccsc1)C(C)C1CC1. The quantitative estimate of drug-likeness (QED) is 0.786. The van der Waals surface area contributed by atoms with Gasteiger partial charge < -0.3 is 5.32 Å². The minimum atomic E-state index is 0.664. The summed E-state index contributed by atoms with van der Waals surface area (Å²) in [5, 5.41) is 7.90. The summed E-state index contributed by atoms with van der Waals surface area (Å²) in [6, 6.07) is 2.91. The highest BCUT2D eigenvalue weighted by atomic mass is 32.1. The molecule has 1 aromatic heterocycles. The molecule has 1 fully saturated rings. The molecule has 2 rings (SSSR count). The van der Waals surface area contributed by atoms with E-state index in [0.717, 1.165) is 11.8 Å². The van der Waals surface area contributed by atoms with Gasteiger partial charge in [0.2, 0.25) is 0 Å². The first kappa shape index (κ1) is 10.2. The average Bonchev–Trinajstić information content (AvgIpc) is 2.93. The van der Waals surface area contributed by atoms with Gasteiger partial charge in [0.1, 0.15) is 0 Å². The first-order valence-electron chi connectivity index (χ1n) is 5.49. The number of hydrogen-bond donors (Lipinski definition) is 1. The summed E-state index contributed by atoms with van der Waals surface area (Å²) in [6.45, 7) is 2.39. The number of rotatable bonds is 5. The van der Waals surface area contributed by atoms with Gasteiger partial charge in [0, 0.05) is 6.04 Å². The third kappa shape index (κ3) is 2.37. The van der Waals surface area contributed by atoms with Crippen molar-refractivity contribution in [1.82, 2.24) is 5.32 Å². The lowest BCUT2D eigenvalue weighted by molar-refractivity contribution is 0.358. The van der Waals surface area contributed by atoms with Gasteiger partial charge in [0.15, 0.2) is 0 Å². The predicted octanol–water partition coefficient (Wildman–Crippen LogP) is 2.92. The fourth-order valence-corrected chi connectivity index (χ4v) is 2.85. The van der Waals surface area contributed by atoms with Gasteiger partial charge in [-0.2, -0.15) is 11.3 Å². The Hall–Kier alpha value is -0.340. The molecule has 1 heterocycles. The van der Waals surface area contributed by atoms with Crippen LogP contribution in [0.15, 0.2) is 16.8 Å². The molecule has 0 radical (unpaired) electrons. The molecular formula is C12H19NS. The van der Waals surface area contributed by atoms with Gasteiger partial charge in [0.05, 0.1) is 0 Å². The van der Waals surface area contributed by atoms with Crippen LogP contribution in [-0.2, 0) is 6.42 Å². The van der Waals surface area contributed by atoms with Crippen LogP contribution in [0.3, 0.4) is 0 Å². The molecule has 0 spiro atoms. The number of nitrogens with one attached hydrogen (secondary N) is 1. The molecule has 2 atom stereocenters. The van der Waals surface area contributed by atoms with Crippen molar-refractivity contribution in [1.29, 1.82) is 0 Å². The van der Waals surface area contributed by atoms with Crippen LogP contribution in [0.2, 0.25) is 0 Å². The maximum absolute atomic E-state index is 3.47. The molecule has 0 bridgehead atoms. The molecule has 2 unspecified atom stereocenters. The lowest BCUT2D eigenvalue weighted by Gasteiger charge is -2.23. The molecule has 1 saturated carbocycles. The third-order valence-corrected chi connectivity index (χ3v) is 4.14. The molecular weight excluding hydrogens is 190 g/mol. The highest BCUT2D eigenvalue weighted by Crippen LogP contribution is 2.38. The van der Waals surface area contributed by atoms with Crippen LogP contribution in [0.1, 0.15) is 25.3 Å². The number of hydrogen-bond acceptors (Lipinski definition) is 2. The number of likely N-dealkylation sites (N-methyl/N-ethyl adjacent to an activating group) is 1. The summed E-state index contributed by atoms with van der Waals surface area (Å²) < 4.78 is 0. The van der Waals surface area contributed by atoms with Gasteiger partial charge in [-0.15, -0.1) is 0 Å². The first-order chi connectivity index (χ1) is 6.81. The molecule has 1 aromatic rings. The molecule has 2 heteroatoms. The van der Waals surface area contributed by atoms with Crippen LogP contribution in [-0.4, -0.2) is 13.1 Å². The summed E-state index contributed by atoms with van der Waals surface area (Å²) in [5.74, 6) is 1.82. The van der Waals surface area contributed by atoms with Crippen molar-refractivity contribution in [2.75, 3.05) is 7.05 Å². The van der Waals surface area contributed by atoms with E-state index in [9.17, 15) is 0 Å². The zero-order chi connectivity index (χ0) is 9.97. The molecule has 0 saturated heterocycles. The maximum Gasteiger partial charge on any atom is 0.0133 e. The zero-order valence-corrected chi connectivity index (χ0v) is 9.81. The Bertz CT molecular complexity index is 264. The Balaban J connectivity index is 1.92. The molecule has 1 aliphatic rings. The van der Waals surface area contributed by atoms with Crippen molar-refractivity contribution in [2.45, 2.75) is 32.2 Å². The fourth-order valence-electron chi connectivity index (χ4n) is 2.16. The monoisotopic (exact) mass is 209 g/mol. The molecule has 0 aromatic carbocycles. The summed E-state index contributed by atoms with van der Waals surface area (Å²) >= 11 is 1.80. The smallest absolute Gasteiger partial charge is 0.0133 e. The Morgan fingerprint density at radius 2 is 2.36 bits per heavy atom. The van der Waals surface area contributed by atoms with Crippen molar-refractivity contribution in [3.8, 4) is 0 Å². The van der Waals surface area contributed by atoms with Crippen molar-refractivity contribution in [3.63, 3.8) is 0 Å². The second kappa shape index (κ2) is 4.45. The lowest BCUT2D eigenvalue weighted by Crippen LogP contribution is -2.35. The minimum Gasteiger partial charge on any atom is -0.316 e. The summed E-state index contributed by atoms with van der Waals surface area (Å²) in [7, 11) is 2.09. The van der Waals surface area contributed by atoms with E-state index in [4.69, 9.17) is 0 Å². The van der Waals surface area contributed by atoms with E-state index in [0.29, 0.717) is 6.04 Å². The highest BCUT2D eigenvalue weighted by molar-refractivity contribution is 7.07. The van der Waals surface area contributed by atoms with Gasteiger partial charge in [-0.3, -0.25) is 0 Å². The van der Waals surface area contributed by atoms with Crippen molar-refractivity contribution < 1.29 is 0 Å². The van der Waals surface area contributed by atoms with Gasteiger partial charge >= 0.3 is 0 Å². The maximum atomic E-state index is 3.47. The van der Waals surface area contributed by atoms with E-state index in [-0.39, 0.29) is 0 Å². The molecule has 1 nitrogen and oxygen atoms in total. The van der Waals surface area contributed by atoms with Crippen LogP contribution >= 0.6 is 11.3 Å². The van der Waals surface area contributed by atoms with Crippen LogP contribution in [0.25, 0.3) is 0 Å². The number of thiophene rings is 1. The molecule has 14 heavy (non-hydrogen) atoms. The lowest BCUT2D eigenvalue weighted by atomic mass is 9.92. The highest BCUT2D eigenvalue weighted by Gasteiger charge is 2.32. The minimum absolute atomic E-state index is 0.664. The Morgan fingerprint density at radius 3 is 2.86 bits per heavy atom. The van der Waals surface area contributed by atoms with Gasteiger partial charge in [-0.05, 0) is 60.5 Å². The van der Waals surface area contributed by atoms with E-state index >= 15 is 0 Å². The molecule has 0 amide bonds. The second-order valence-electron chi connectivity index (χ2n) is 4.43. The first-order valence-corrected chi connectivity index (χ1v) is 6.44. The molecule has 0 aliphatic heterocycles. The van der Waals surface area contributed by atoms with Crippen LogP contribution in [0, 0.1) is 11.8 Å². The van der Waals surface area contributed by atoms with E-state index in [1.807, 2.05) is 0 Å². The normalized spacial score (nSPS) is 20.7. The standard InChI is InChI=1S/C12H19NS/c1-9(11-3-4-11)12(13-2)7-10-5-6-14-8-10/h5-6,8-9,11-13H,3-4,7H2,1-2H3. The third-order valence-electron chi connectivity index (χ3n) is 3.41. The second-order valence-corrected chi connectivity index (χ2v) is 5.21. The Labute approximate surface area is 90.5 Å². The van der Waals surface area contributed by atoms with E-state index in [1.165, 1.54) is 24.8 Å².